The molecule has 2 unspecified atom stereocenters. The van der Waals surface area contributed by atoms with Gasteiger partial charge in [-0.05, 0) is 0 Å². The maximum atomic E-state index is 2.98. The molecule has 0 aromatic heterocycles. The fourth-order valence-electron chi connectivity index (χ4n) is 17.8. The van der Waals surface area contributed by atoms with Crippen LogP contribution in [0.2, 0.25) is 9.26 Å². The number of rotatable bonds is 18. The average Bonchev–Trinajstić information content (AvgIpc) is 1.47. The number of hydrogen-bond acceptors (Lipinski definition) is 0. The molecule has 2 atom stereocenters. The fraction of sp³-hybridized carbons (Fsp3) is 0.200. The van der Waals surface area contributed by atoms with Crippen LogP contribution in [0.5, 0.6) is 0 Å². The quantitative estimate of drug-likeness (QED) is 0.0456. The molecule has 16 rings (SSSR count). The number of hydrogen-bond donors (Lipinski definition) is 0. The van der Waals surface area contributed by atoms with Gasteiger partial charge in [0, 0.05) is 0 Å². The molecule has 14 aromatic carbocycles. The van der Waals surface area contributed by atoms with Crippen LogP contribution in [0.4, 0.5) is 0 Å². The van der Waals surface area contributed by atoms with Gasteiger partial charge >= 0.3 is 551 Å². The Labute approximate surface area is 546 Å². The standard InChI is InChI=1S/2C44H37.2CH3.H2Si.Zr/c2*1-2-3-4-5-6-15-30-26-41-39(43-35-20-11-7-16-31(35)28-32-17-8-12-21-36(32)43)24-25-40(42(41)27-30)44-37-22-13-9-18-33(37)29-34-19-10-14-23-38(34)44;;;;/h2*7-14,16-29H,2-6,15H2,1H3;2*1H3;1H2;. The zero-order valence-corrected chi connectivity index (χ0v) is 58.0. The molecule has 0 N–H and O–H groups in total. The Hall–Kier alpha value is -8.26. The van der Waals surface area contributed by atoms with E-state index in [0.717, 1.165) is 12.8 Å². The summed E-state index contributed by atoms with van der Waals surface area (Å²) in [5.74, 6) is 0. The van der Waals surface area contributed by atoms with E-state index < -0.39 is 17.4 Å². The van der Waals surface area contributed by atoms with Crippen LogP contribution in [0.1, 0.15) is 120 Å². The molecule has 0 bridgehead atoms. The van der Waals surface area contributed by atoms with Crippen molar-refractivity contribution in [2.75, 3.05) is 0 Å². The van der Waals surface area contributed by atoms with Gasteiger partial charge in [0.1, 0.15) is 0 Å². The number of benzene rings is 14. The molecule has 0 fully saturated rings. The molecule has 0 saturated carbocycles. The Kier molecular flexibility index (Phi) is 15.3. The van der Waals surface area contributed by atoms with E-state index in [-0.39, 0.29) is 7.25 Å². The molecule has 0 nitrogen and oxygen atoms in total. The van der Waals surface area contributed by atoms with Crippen LogP contribution in [0.3, 0.4) is 0 Å². The van der Waals surface area contributed by atoms with Crippen molar-refractivity contribution in [1.82, 2.24) is 0 Å². The predicted octanol–water partition coefficient (Wildman–Crippen LogP) is 26.2. The number of fused-ring (bicyclic) bond motifs is 10. The van der Waals surface area contributed by atoms with Gasteiger partial charge in [0.05, 0.1) is 0 Å². The van der Waals surface area contributed by atoms with E-state index in [4.69, 9.17) is 0 Å². The fourth-order valence-corrected chi connectivity index (χ4v) is 37.5. The summed E-state index contributed by atoms with van der Waals surface area (Å²) >= 11 is -4.82. The average molecular weight is 1280 g/mol. The molecule has 0 heterocycles. The SMILES string of the molecule is CCCCCCCC1=Cc2c(-c3c4ccccc4cc4ccccc34)ccc(-c3c4ccccc4cc4ccccc34)c2[CH]1[Zr]([CH3])([CH3])(=[SiH2])[CH]1C(CCCCCCC)=Cc2c(-c3c4ccccc4cc4ccccc34)ccc(-c3c4ccccc4cc4ccccc34)c21. The van der Waals surface area contributed by atoms with Gasteiger partial charge in [-0.15, -0.1) is 0 Å². The predicted molar refractivity (Wildman–Crippen MR) is 403 cm³/mol. The van der Waals surface area contributed by atoms with Gasteiger partial charge in [-0.3, -0.25) is 0 Å². The second-order valence-electron chi connectivity index (χ2n) is 28.3. The van der Waals surface area contributed by atoms with Crippen LogP contribution >= 0.6 is 0 Å². The molecule has 0 spiro atoms. The third-order valence-corrected chi connectivity index (χ3v) is 39.1. The Morgan fingerprint density at radius 2 is 0.511 bits per heavy atom. The maximum absolute atomic E-state index is 4.82. The van der Waals surface area contributed by atoms with Crippen LogP contribution in [-0.2, 0) is 17.4 Å². The molecular formula is C90H82SiZr. The Morgan fingerprint density at radius 3 is 0.772 bits per heavy atom. The summed E-state index contributed by atoms with van der Waals surface area (Å²) < 4.78 is 6.41. The van der Waals surface area contributed by atoms with Crippen molar-refractivity contribution < 1.29 is 17.4 Å². The van der Waals surface area contributed by atoms with Gasteiger partial charge in [-0.1, -0.05) is 0 Å². The topological polar surface area (TPSA) is 0 Å². The van der Waals surface area contributed by atoms with Crippen molar-refractivity contribution in [1.29, 1.82) is 0 Å². The molecule has 0 amide bonds. The van der Waals surface area contributed by atoms with Crippen LogP contribution in [-0.4, -0.2) is 6.88 Å². The first-order valence-electron chi connectivity index (χ1n) is 34.6. The van der Waals surface area contributed by atoms with Crippen LogP contribution < -0.4 is 0 Å². The van der Waals surface area contributed by atoms with Gasteiger partial charge in [0.15, 0.2) is 0 Å². The van der Waals surface area contributed by atoms with Gasteiger partial charge in [-0.2, -0.15) is 0 Å². The number of unbranched alkanes of at least 4 members (excludes halogenated alkanes) is 8. The minimum absolute atomic E-state index is 0.225. The summed E-state index contributed by atoms with van der Waals surface area (Å²) in [4.78, 5) is 0. The van der Waals surface area contributed by atoms with E-state index in [0.29, 0.717) is 0 Å². The zero-order chi connectivity index (χ0) is 62.1. The normalized spacial score (nSPS) is 15.0. The summed E-state index contributed by atoms with van der Waals surface area (Å²) in [6, 6.07) is 94.2. The van der Waals surface area contributed by atoms with Gasteiger partial charge < -0.3 is 0 Å². The first-order chi connectivity index (χ1) is 45.2. The van der Waals surface area contributed by atoms with E-state index in [1.807, 2.05) is 0 Å². The van der Waals surface area contributed by atoms with Gasteiger partial charge in [-0.25, -0.2) is 0 Å². The molecule has 450 valence electrons. The van der Waals surface area contributed by atoms with E-state index in [9.17, 15) is 0 Å². The van der Waals surface area contributed by atoms with Gasteiger partial charge in [0.25, 0.3) is 0 Å². The molecule has 0 saturated heterocycles. The Balaban J connectivity index is 1.05. The first kappa shape index (κ1) is 58.8. The molecule has 14 aromatic rings. The van der Waals surface area contributed by atoms with Crippen LogP contribution in [0, 0.1) is 0 Å². The summed E-state index contributed by atoms with van der Waals surface area (Å²) in [6.07, 6.45) is 20.3. The van der Waals surface area contributed by atoms with Crippen molar-refractivity contribution in [3.63, 3.8) is 0 Å². The number of allylic oxidation sites excluding steroid dienone is 2. The van der Waals surface area contributed by atoms with Crippen molar-refractivity contribution in [3.05, 3.63) is 276 Å². The Bertz CT molecular complexity index is 4890. The molecular weight excluding hydrogens is 1200 g/mol. The second kappa shape index (κ2) is 24.0. The van der Waals surface area contributed by atoms with E-state index in [1.165, 1.54) is 206 Å². The third kappa shape index (κ3) is 9.92. The van der Waals surface area contributed by atoms with Crippen LogP contribution in [0.15, 0.2) is 254 Å². The molecule has 2 heteroatoms. The molecule has 0 radical (unpaired) electrons. The van der Waals surface area contributed by atoms with Gasteiger partial charge in [0.2, 0.25) is 0 Å². The van der Waals surface area contributed by atoms with E-state index in [1.54, 1.807) is 22.3 Å². The first-order valence-corrected chi connectivity index (χ1v) is 48.3. The van der Waals surface area contributed by atoms with E-state index in [2.05, 4.69) is 285 Å². The second-order valence-corrected chi connectivity index (χ2v) is 58.8. The van der Waals surface area contributed by atoms with E-state index >= 15 is 0 Å². The minimum atomic E-state index is -4.82. The summed E-state index contributed by atoms with van der Waals surface area (Å²) in [5.41, 5.74) is 20.5. The molecule has 0 aliphatic heterocycles. The molecule has 2 aliphatic carbocycles. The van der Waals surface area contributed by atoms with Crippen molar-refractivity contribution in [3.8, 4) is 44.5 Å². The monoisotopic (exact) mass is 1280 g/mol. The van der Waals surface area contributed by atoms with Crippen molar-refractivity contribution in [2.24, 2.45) is 0 Å². The van der Waals surface area contributed by atoms with Crippen molar-refractivity contribution in [2.45, 2.75) is 107 Å². The summed E-state index contributed by atoms with van der Waals surface area (Å²) in [6.45, 7) is 7.31. The molecule has 2 aliphatic rings. The summed E-state index contributed by atoms with van der Waals surface area (Å²) in [7, 11) is 0. The van der Waals surface area contributed by atoms with Crippen molar-refractivity contribution >= 4 is 105 Å². The molecule has 92 heavy (non-hydrogen) atoms. The third-order valence-electron chi connectivity index (χ3n) is 21.7. The van der Waals surface area contributed by atoms with Crippen LogP contribution in [0.25, 0.3) is 143 Å². The zero-order valence-electron chi connectivity index (χ0n) is 54.1. The summed E-state index contributed by atoms with van der Waals surface area (Å²) in [5, 5.41) is 21.0. The Morgan fingerprint density at radius 1 is 0.283 bits per heavy atom.